The van der Waals surface area contributed by atoms with E-state index in [0.29, 0.717) is 12.2 Å². The lowest BCUT2D eigenvalue weighted by Gasteiger charge is -2.35. The maximum atomic E-state index is 14.7. The maximum Gasteiger partial charge on any atom is 0.264 e. The average Bonchev–Trinajstić information content (AvgIpc) is 3.06. The highest BCUT2D eigenvalue weighted by molar-refractivity contribution is 7.92. The Balaban J connectivity index is 1.86. The number of methoxy groups -OCH3 is 1. The van der Waals surface area contributed by atoms with E-state index in [9.17, 15) is 18.0 Å². The fraction of sp³-hybridized carbons (Fsp3) is 0.297. The van der Waals surface area contributed by atoms with Crippen molar-refractivity contribution in [3.63, 3.8) is 0 Å². The molecule has 1 N–H and O–H groups in total. The zero-order valence-electron chi connectivity index (χ0n) is 27.1. The fourth-order valence-electron chi connectivity index (χ4n) is 5.19. The number of ether oxygens (including phenoxy) is 1. The Labute approximate surface area is 273 Å². The van der Waals surface area contributed by atoms with Crippen molar-refractivity contribution in [3.8, 4) is 5.75 Å². The second kappa shape index (κ2) is 15.6. The fourth-order valence-corrected chi connectivity index (χ4v) is 6.63. The molecule has 0 spiro atoms. The number of benzene rings is 4. The molecule has 0 aromatic heterocycles. The smallest absolute Gasteiger partial charge is 0.264 e. The Morgan fingerprint density at radius 2 is 1.50 bits per heavy atom. The normalized spacial score (nSPS) is 12.5. The predicted octanol–water partition coefficient (Wildman–Crippen LogP) is 6.06. The Kier molecular flexibility index (Phi) is 11.6. The Morgan fingerprint density at radius 3 is 2.13 bits per heavy atom. The molecule has 4 aromatic carbocycles. The summed E-state index contributed by atoms with van der Waals surface area (Å²) in [5.74, 6) is -0.518. The maximum absolute atomic E-state index is 14.7. The zero-order chi connectivity index (χ0) is 33.3. The van der Waals surface area contributed by atoms with Crippen LogP contribution in [0.5, 0.6) is 5.75 Å². The van der Waals surface area contributed by atoms with E-state index < -0.39 is 28.5 Å². The molecule has 4 rings (SSSR count). The molecule has 9 heteroatoms. The van der Waals surface area contributed by atoms with E-state index in [1.807, 2.05) is 88.4 Å². The van der Waals surface area contributed by atoms with E-state index in [0.717, 1.165) is 26.6 Å². The van der Waals surface area contributed by atoms with Gasteiger partial charge in [0, 0.05) is 19.0 Å². The van der Waals surface area contributed by atoms with Gasteiger partial charge in [-0.2, -0.15) is 0 Å². The van der Waals surface area contributed by atoms with Gasteiger partial charge in [-0.3, -0.25) is 13.9 Å². The molecule has 0 radical (unpaired) electrons. The minimum atomic E-state index is -4.24. The molecule has 4 aromatic rings. The van der Waals surface area contributed by atoms with Crippen molar-refractivity contribution in [2.24, 2.45) is 0 Å². The molecule has 0 unspecified atom stereocenters. The van der Waals surface area contributed by atoms with E-state index in [1.54, 1.807) is 30.3 Å². The molecule has 8 nitrogen and oxygen atoms in total. The number of nitrogens with zero attached hydrogens (tertiary/aromatic N) is 2. The summed E-state index contributed by atoms with van der Waals surface area (Å²) in [5.41, 5.74) is 3.72. The van der Waals surface area contributed by atoms with Crippen molar-refractivity contribution in [1.29, 1.82) is 0 Å². The van der Waals surface area contributed by atoms with Gasteiger partial charge in [-0.15, -0.1) is 0 Å². The van der Waals surface area contributed by atoms with Gasteiger partial charge in [0.15, 0.2) is 0 Å². The summed E-state index contributed by atoms with van der Waals surface area (Å²) in [7, 11) is -2.77. The molecule has 0 heterocycles. The van der Waals surface area contributed by atoms with E-state index >= 15 is 0 Å². The van der Waals surface area contributed by atoms with Crippen LogP contribution < -0.4 is 14.4 Å². The first-order valence-electron chi connectivity index (χ1n) is 15.5. The van der Waals surface area contributed by atoms with E-state index in [1.165, 1.54) is 24.1 Å². The van der Waals surface area contributed by atoms with Crippen LogP contribution in [0.2, 0.25) is 0 Å². The van der Waals surface area contributed by atoms with Crippen molar-refractivity contribution in [2.45, 2.75) is 64.1 Å². The number of nitrogens with one attached hydrogen (secondary N) is 1. The summed E-state index contributed by atoms with van der Waals surface area (Å²) < 4.78 is 35.2. The van der Waals surface area contributed by atoms with Crippen molar-refractivity contribution >= 4 is 27.5 Å². The first-order chi connectivity index (χ1) is 22.0. The second-order valence-corrected chi connectivity index (χ2v) is 13.3. The van der Waals surface area contributed by atoms with Crippen LogP contribution in [0.4, 0.5) is 5.69 Å². The number of carbonyl (C=O) groups is 2. The third-order valence-corrected chi connectivity index (χ3v) is 9.86. The lowest BCUT2D eigenvalue weighted by molar-refractivity contribution is -0.140. The van der Waals surface area contributed by atoms with E-state index in [4.69, 9.17) is 4.74 Å². The van der Waals surface area contributed by atoms with Gasteiger partial charge in [0.2, 0.25) is 11.8 Å². The van der Waals surface area contributed by atoms with Crippen LogP contribution in [0.1, 0.15) is 42.5 Å². The Hall–Kier alpha value is -4.63. The lowest BCUT2D eigenvalue weighted by atomic mass is 10.0. The SMILES string of the molecule is CC[C@H](C)NC(=O)[C@@H](Cc1ccccc1)N(Cc1ccccc1C)C(=O)CN(c1cc(C)ccc1OC)S(=O)(=O)c1ccccc1. The van der Waals surface area contributed by atoms with E-state index in [2.05, 4.69) is 5.32 Å². The largest absolute Gasteiger partial charge is 0.495 e. The molecule has 0 fully saturated rings. The molecule has 0 saturated carbocycles. The van der Waals surface area contributed by atoms with Gasteiger partial charge in [-0.05, 0) is 73.7 Å². The van der Waals surface area contributed by atoms with Crippen LogP contribution in [-0.2, 0) is 32.6 Å². The van der Waals surface area contributed by atoms with Crippen molar-refractivity contribution < 1.29 is 22.7 Å². The number of rotatable bonds is 14. The summed E-state index contributed by atoms with van der Waals surface area (Å²) in [5, 5.41) is 3.07. The number of anilines is 1. The molecule has 2 amide bonds. The monoisotopic (exact) mass is 641 g/mol. The molecule has 0 saturated heterocycles. The van der Waals surface area contributed by atoms with Gasteiger partial charge < -0.3 is 15.0 Å². The molecule has 242 valence electrons. The molecule has 0 aliphatic heterocycles. The van der Waals surface area contributed by atoms with Gasteiger partial charge in [-0.1, -0.05) is 85.8 Å². The summed E-state index contributed by atoms with van der Waals surface area (Å²) in [6.07, 6.45) is 0.964. The number of amides is 2. The summed E-state index contributed by atoms with van der Waals surface area (Å²) in [6.45, 7) is 7.26. The Morgan fingerprint density at radius 1 is 0.870 bits per heavy atom. The van der Waals surface area contributed by atoms with Crippen LogP contribution in [-0.4, -0.2) is 50.9 Å². The van der Waals surface area contributed by atoms with Crippen LogP contribution in [0.3, 0.4) is 0 Å². The minimum absolute atomic E-state index is 0.0344. The number of hydrogen-bond acceptors (Lipinski definition) is 5. The second-order valence-electron chi connectivity index (χ2n) is 11.5. The highest BCUT2D eigenvalue weighted by Gasteiger charge is 2.36. The highest BCUT2D eigenvalue weighted by Crippen LogP contribution is 2.34. The third-order valence-electron chi connectivity index (χ3n) is 8.09. The molecule has 0 aliphatic rings. The Bertz CT molecular complexity index is 1730. The summed E-state index contributed by atoms with van der Waals surface area (Å²) >= 11 is 0. The first kappa shape index (κ1) is 34.2. The van der Waals surface area contributed by atoms with Crippen LogP contribution in [0, 0.1) is 13.8 Å². The summed E-state index contributed by atoms with van der Waals surface area (Å²) in [6, 6.07) is 29.4. The number of hydrogen-bond donors (Lipinski definition) is 1. The predicted molar refractivity (Wildman–Crippen MR) is 182 cm³/mol. The van der Waals surface area contributed by atoms with Gasteiger partial charge >= 0.3 is 0 Å². The van der Waals surface area contributed by atoms with Crippen molar-refractivity contribution in [1.82, 2.24) is 10.2 Å². The molecule has 0 bridgehead atoms. The standard InChI is InChI=1S/C37H43N3O5S/c1-6-29(4)38-37(42)34(24-30-16-9-7-10-17-30)39(25-31-18-14-13-15-28(31)3)36(41)26-40(33-23-27(2)21-22-35(33)45-5)46(43,44)32-19-11-8-12-20-32/h7-23,29,34H,6,24-26H2,1-5H3,(H,38,42)/t29-,34+/m0/s1. The number of aryl methyl sites for hydroxylation is 2. The van der Waals surface area contributed by atoms with Gasteiger partial charge in [0.05, 0.1) is 17.7 Å². The van der Waals surface area contributed by atoms with Crippen LogP contribution in [0.25, 0.3) is 0 Å². The van der Waals surface area contributed by atoms with Crippen molar-refractivity contribution in [2.75, 3.05) is 18.0 Å². The van der Waals surface area contributed by atoms with Gasteiger partial charge in [0.1, 0.15) is 18.3 Å². The summed E-state index contributed by atoms with van der Waals surface area (Å²) in [4.78, 5) is 30.2. The number of sulfonamides is 1. The van der Waals surface area contributed by atoms with Gasteiger partial charge in [-0.25, -0.2) is 8.42 Å². The van der Waals surface area contributed by atoms with E-state index in [-0.39, 0.29) is 35.5 Å². The molecule has 0 aliphatic carbocycles. The first-order valence-corrected chi connectivity index (χ1v) is 16.9. The molecule has 46 heavy (non-hydrogen) atoms. The number of carbonyl (C=O) groups excluding carboxylic acids is 2. The minimum Gasteiger partial charge on any atom is -0.495 e. The average molecular weight is 642 g/mol. The zero-order valence-corrected chi connectivity index (χ0v) is 28.0. The highest BCUT2D eigenvalue weighted by atomic mass is 32.2. The van der Waals surface area contributed by atoms with Crippen LogP contribution >= 0.6 is 0 Å². The quantitative estimate of drug-likeness (QED) is 0.181. The van der Waals surface area contributed by atoms with Crippen LogP contribution in [0.15, 0.2) is 108 Å². The molecular formula is C37H43N3O5S. The lowest BCUT2D eigenvalue weighted by Crippen LogP contribution is -2.54. The third kappa shape index (κ3) is 8.34. The molecule has 2 atom stereocenters. The van der Waals surface area contributed by atoms with Gasteiger partial charge in [0.25, 0.3) is 10.0 Å². The molecular weight excluding hydrogens is 598 g/mol. The topological polar surface area (TPSA) is 96.0 Å². The van der Waals surface area contributed by atoms with Crippen molar-refractivity contribution in [3.05, 3.63) is 125 Å².